The monoisotopic (exact) mass is 408 g/mol. The van der Waals surface area contributed by atoms with Gasteiger partial charge in [0.1, 0.15) is 0 Å². The molecule has 1 aliphatic rings. The van der Waals surface area contributed by atoms with Gasteiger partial charge in [-0.05, 0) is 87.3 Å². The van der Waals surface area contributed by atoms with E-state index in [-0.39, 0.29) is 24.5 Å². The molecule has 0 bridgehead atoms. The Balaban J connectivity index is 1.69. The molecule has 2 rings (SSSR count). The number of aryl methyl sites for hydroxylation is 1. The first-order valence-corrected chi connectivity index (χ1v) is 10.8. The van der Waals surface area contributed by atoms with Crippen molar-refractivity contribution >= 4 is 17.6 Å². The zero-order chi connectivity index (χ0) is 20.4. The number of carbonyl (C=O) groups is 1. The predicted octanol–water partition coefficient (Wildman–Crippen LogP) is 5.00. The molecule has 1 fully saturated rings. The van der Waals surface area contributed by atoms with Gasteiger partial charge in [0, 0.05) is 11.4 Å². The van der Waals surface area contributed by atoms with Gasteiger partial charge in [-0.15, -0.1) is 0 Å². The zero-order valence-corrected chi connectivity index (χ0v) is 17.2. The second-order valence-corrected chi connectivity index (χ2v) is 8.40. The summed E-state index contributed by atoms with van der Waals surface area (Å²) in [5.41, 5.74) is 1.14. The Labute approximate surface area is 173 Å². The van der Waals surface area contributed by atoms with E-state index < -0.39 is 5.97 Å². The van der Waals surface area contributed by atoms with E-state index in [2.05, 4.69) is 12.2 Å². The van der Waals surface area contributed by atoms with Gasteiger partial charge in [-0.25, -0.2) is 0 Å². The Hall–Kier alpha value is -1.36. The molecule has 1 aromatic rings. The highest BCUT2D eigenvalue weighted by Gasteiger charge is 2.33. The van der Waals surface area contributed by atoms with Crippen LogP contribution < -0.4 is 0 Å². The van der Waals surface area contributed by atoms with Crippen molar-refractivity contribution in [1.29, 1.82) is 0 Å². The Morgan fingerprint density at radius 1 is 1.25 bits per heavy atom. The topological polar surface area (TPSA) is 77.8 Å². The molecule has 1 saturated carbocycles. The Kier molecular flexibility index (Phi) is 10.0. The van der Waals surface area contributed by atoms with E-state index in [4.69, 9.17) is 16.7 Å². The van der Waals surface area contributed by atoms with Crippen molar-refractivity contribution in [2.45, 2.75) is 76.4 Å². The summed E-state index contributed by atoms with van der Waals surface area (Å²) in [7, 11) is 0. The third-order valence-corrected chi connectivity index (χ3v) is 6.02. The van der Waals surface area contributed by atoms with E-state index in [1.54, 1.807) is 0 Å². The molecule has 4 nitrogen and oxygen atoms in total. The number of carboxylic acids is 1. The van der Waals surface area contributed by atoms with Crippen LogP contribution in [0.4, 0.5) is 0 Å². The average Bonchev–Trinajstić information content (AvgIpc) is 3.00. The number of unbranched alkanes of at least 4 members (excludes halogenated alkanes) is 1. The van der Waals surface area contributed by atoms with Crippen LogP contribution in [-0.2, 0) is 11.2 Å². The quantitative estimate of drug-likeness (QED) is 0.336. The molecule has 0 heterocycles. The van der Waals surface area contributed by atoms with Crippen LogP contribution in [0.25, 0.3) is 0 Å². The minimum Gasteiger partial charge on any atom is -0.481 e. The molecule has 0 spiro atoms. The van der Waals surface area contributed by atoms with Crippen LogP contribution in [0.15, 0.2) is 36.4 Å². The lowest BCUT2D eigenvalue weighted by atomic mass is 9.86. The van der Waals surface area contributed by atoms with Crippen LogP contribution >= 0.6 is 11.6 Å². The van der Waals surface area contributed by atoms with Gasteiger partial charge in [-0.1, -0.05) is 35.9 Å². The van der Waals surface area contributed by atoms with Crippen molar-refractivity contribution in [3.63, 3.8) is 0 Å². The second kappa shape index (κ2) is 12.3. The van der Waals surface area contributed by atoms with Crippen molar-refractivity contribution in [3.05, 3.63) is 47.0 Å². The summed E-state index contributed by atoms with van der Waals surface area (Å²) in [5, 5.41) is 30.1. The molecular formula is C23H33ClO4. The van der Waals surface area contributed by atoms with Crippen LogP contribution in [0.3, 0.4) is 0 Å². The first-order valence-electron chi connectivity index (χ1n) is 10.4. The van der Waals surface area contributed by atoms with Crippen LogP contribution in [0.2, 0.25) is 5.02 Å². The van der Waals surface area contributed by atoms with Crippen molar-refractivity contribution in [2.75, 3.05) is 0 Å². The van der Waals surface area contributed by atoms with E-state index in [1.807, 2.05) is 24.3 Å². The van der Waals surface area contributed by atoms with Gasteiger partial charge >= 0.3 is 5.97 Å². The molecule has 156 valence electrons. The van der Waals surface area contributed by atoms with Crippen molar-refractivity contribution in [3.8, 4) is 0 Å². The molecule has 5 heteroatoms. The summed E-state index contributed by atoms with van der Waals surface area (Å²) in [6, 6.07) is 7.74. The second-order valence-electron chi connectivity index (χ2n) is 7.96. The highest BCUT2D eigenvalue weighted by atomic mass is 35.5. The number of hydrogen-bond acceptors (Lipinski definition) is 3. The van der Waals surface area contributed by atoms with Gasteiger partial charge < -0.3 is 15.3 Å². The normalized spacial score (nSPS) is 23.3. The highest BCUT2D eigenvalue weighted by Crippen LogP contribution is 2.38. The van der Waals surface area contributed by atoms with Crippen LogP contribution in [0.5, 0.6) is 0 Å². The molecule has 0 amide bonds. The van der Waals surface area contributed by atoms with Crippen molar-refractivity contribution < 1.29 is 20.1 Å². The minimum atomic E-state index is -0.749. The minimum absolute atomic E-state index is 0.210. The number of rotatable bonds is 12. The molecule has 0 saturated heterocycles. The van der Waals surface area contributed by atoms with E-state index >= 15 is 0 Å². The number of halogens is 1. The molecule has 28 heavy (non-hydrogen) atoms. The first kappa shape index (κ1) is 22.9. The number of aliphatic hydroxyl groups excluding tert-OH is 2. The summed E-state index contributed by atoms with van der Waals surface area (Å²) in [4.78, 5) is 10.5. The largest absolute Gasteiger partial charge is 0.481 e. The van der Waals surface area contributed by atoms with E-state index in [0.29, 0.717) is 25.2 Å². The number of allylic oxidation sites excluding steroid dienone is 2. The number of hydrogen-bond donors (Lipinski definition) is 3. The maximum atomic E-state index is 10.5. The molecule has 0 aromatic heterocycles. The summed E-state index contributed by atoms with van der Waals surface area (Å²) in [5.74, 6) is -0.0587. The molecule has 0 radical (unpaired) electrons. The standard InChI is InChI=1S/C23H33ClO4/c24-19-8-5-6-17(16-19)10-12-20(25)13-14-21-18(11-15-22(21)26)7-3-1-2-4-9-23(27)28/h1,3,5-6,8,16,18,20-22,25-26H,2,4,7,9-15H2,(H,27,28)/b3-1-/t18-,20-,21+,22+/m0/s1. The van der Waals surface area contributed by atoms with E-state index in [0.717, 1.165) is 49.1 Å². The van der Waals surface area contributed by atoms with Crippen LogP contribution in [-0.4, -0.2) is 33.5 Å². The predicted molar refractivity (Wildman–Crippen MR) is 112 cm³/mol. The average molecular weight is 409 g/mol. The van der Waals surface area contributed by atoms with Gasteiger partial charge in [-0.2, -0.15) is 0 Å². The lowest BCUT2D eigenvalue weighted by Gasteiger charge is -2.22. The summed E-state index contributed by atoms with van der Waals surface area (Å²) >= 11 is 6.00. The molecular weight excluding hydrogens is 376 g/mol. The SMILES string of the molecule is O=C(O)CCC/C=C\C[C@H]1CC[C@@H](O)[C@@H]1CC[C@@H](O)CCc1cccc(Cl)c1. The number of aliphatic hydroxyl groups is 2. The molecule has 3 N–H and O–H groups in total. The van der Waals surface area contributed by atoms with Gasteiger partial charge in [0.25, 0.3) is 0 Å². The lowest BCUT2D eigenvalue weighted by Crippen LogP contribution is -2.21. The first-order chi connectivity index (χ1) is 13.5. The van der Waals surface area contributed by atoms with E-state index in [1.165, 1.54) is 0 Å². The van der Waals surface area contributed by atoms with Gasteiger partial charge in [-0.3, -0.25) is 4.79 Å². The fourth-order valence-corrected chi connectivity index (χ4v) is 4.38. The fraction of sp³-hybridized carbons (Fsp3) is 0.609. The number of aliphatic carboxylic acids is 1. The Morgan fingerprint density at radius 3 is 2.82 bits per heavy atom. The number of benzene rings is 1. The van der Waals surface area contributed by atoms with Crippen LogP contribution in [0.1, 0.15) is 63.4 Å². The fourth-order valence-electron chi connectivity index (χ4n) is 4.16. The highest BCUT2D eigenvalue weighted by molar-refractivity contribution is 6.30. The Bertz CT molecular complexity index is 631. The van der Waals surface area contributed by atoms with Gasteiger partial charge in [0.05, 0.1) is 12.2 Å². The third-order valence-electron chi connectivity index (χ3n) is 5.79. The molecule has 1 aliphatic carbocycles. The van der Waals surface area contributed by atoms with E-state index in [9.17, 15) is 15.0 Å². The van der Waals surface area contributed by atoms with Crippen molar-refractivity contribution in [1.82, 2.24) is 0 Å². The molecule has 4 atom stereocenters. The smallest absolute Gasteiger partial charge is 0.303 e. The zero-order valence-electron chi connectivity index (χ0n) is 16.5. The summed E-state index contributed by atoms with van der Waals surface area (Å²) in [6.45, 7) is 0. The third kappa shape index (κ3) is 8.34. The maximum absolute atomic E-state index is 10.5. The van der Waals surface area contributed by atoms with Gasteiger partial charge in [0.15, 0.2) is 0 Å². The number of carboxylic acid groups (broad SMARTS) is 1. The summed E-state index contributed by atoms with van der Waals surface area (Å²) < 4.78 is 0. The van der Waals surface area contributed by atoms with Gasteiger partial charge in [0.2, 0.25) is 0 Å². The maximum Gasteiger partial charge on any atom is 0.303 e. The molecule has 1 aromatic carbocycles. The summed E-state index contributed by atoms with van der Waals surface area (Å²) in [6.07, 6.45) is 11.1. The Morgan fingerprint density at radius 2 is 2.07 bits per heavy atom. The molecule has 0 aliphatic heterocycles. The molecule has 0 unspecified atom stereocenters. The van der Waals surface area contributed by atoms with Crippen LogP contribution in [0, 0.1) is 11.8 Å². The lowest BCUT2D eigenvalue weighted by molar-refractivity contribution is -0.137. The van der Waals surface area contributed by atoms with Crippen molar-refractivity contribution in [2.24, 2.45) is 11.8 Å².